The number of carbonyl (C=O) groups is 2. The summed E-state index contributed by atoms with van der Waals surface area (Å²) in [6, 6.07) is 7.19. The Bertz CT molecular complexity index is 792. The Hall–Kier alpha value is -3.09. The van der Waals surface area contributed by atoms with Gasteiger partial charge in [-0.3, -0.25) is 4.79 Å². The lowest BCUT2D eigenvalue weighted by molar-refractivity contribution is -0.138. The van der Waals surface area contributed by atoms with Crippen molar-refractivity contribution < 1.29 is 14.3 Å². The summed E-state index contributed by atoms with van der Waals surface area (Å²) < 4.78 is 4.99. The molecule has 1 aromatic rings. The second kappa shape index (κ2) is 5.60. The van der Waals surface area contributed by atoms with Gasteiger partial charge in [-0.05, 0) is 25.1 Å². The maximum absolute atomic E-state index is 12.5. The maximum Gasteiger partial charge on any atom is 0.341 e. The average molecular weight is 312 g/mol. The topological polar surface area (TPSA) is 97.0 Å². The number of hydrogen-bond acceptors (Lipinski definition) is 6. The van der Waals surface area contributed by atoms with E-state index in [4.69, 9.17) is 10.5 Å². The molecule has 23 heavy (non-hydrogen) atoms. The van der Waals surface area contributed by atoms with Gasteiger partial charge in [0.1, 0.15) is 17.2 Å². The van der Waals surface area contributed by atoms with Crippen LogP contribution >= 0.6 is 0 Å². The Kier molecular flexibility index (Phi) is 3.61. The van der Waals surface area contributed by atoms with Gasteiger partial charge < -0.3 is 20.7 Å². The van der Waals surface area contributed by atoms with Crippen LogP contribution in [-0.4, -0.2) is 36.3 Å². The predicted molar refractivity (Wildman–Crippen MR) is 85.9 cm³/mol. The van der Waals surface area contributed by atoms with Crippen molar-refractivity contribution in [3.8, 4) is 0 Å². The molecule has 118 valence electrons. The number of benzene rings is 1. The Morgan fingerprint density at radius 3 is 2.87 bits per heavy atom. The number of nitrogens with one attached hydrogen (secondary N) is 1. The van der Waals surface area contributed by atoms with Crippen LogP contribution < -0.4 is 11.1 Å². The van der Waals surface area contributed by atoms with Gasteiger partial charge in [0, 0.05) is 7.05 Å². The van der Waals surface area contributed by atoms with Gasteiger partial charge in [0.15, 0.2) is 0 Å². The number of nitrogens with zero attached hydrogens (tertiary/aromatic N) is 2. The van der Waals surface area contributed by atoms with Gasteiger partial charge in [-0.25, -0.2) is 9.79 Å². The van der Waals surface area contributed by atoms with E-state index in [9.17, 15) is 9.59 Å². The molecular formula is C16H16N4O3. The van der Waals surface area contributed by atoms with E-state index in [0.29, 0.717) is 17.2 Å². The van der Waals surface area contributed by atoms with Crippen molar-refractivity contribution in [1.82, 2.24) is 4.90 Å². The summed E-state index contributed by atoms with van der Waals surface area (Å²) in [7, 11) is 1.65. The third-order valence-electron chi connectivity index (χ3n) is 3.60. The minimum Gasteiger partial charge on any atom is -0.462 e. The number of carbonyl (C=O) groups excluding carboxylic acids is 2. The van der Waals surface area contributed by atoms with E-state index in [2.05, 4.69) is 10.3 Å². The smallest absolute Gasteiger partial charge is 0.341 e. The van der Waals surface area contributed by atoms with Crippen molar-refractivity contribution in [1.29, 1.82) is 0 Å². The highest BCUT2D eigenvalue weighted by atomic mass is 16.5. The first-order valence-corrected chi connectivity index (χ1v) is 7.14. The van der Waals surface area contributed by atoms with Crippen LogP contribution in [0, 0.1) is 0 Å². The molecule has 7 heteroatoms. The molecule has 1 aromatic carbocycles. The monoisotopic (exact) mass is 312 g/mol. The van der Waals surface area contributed by atoms with E-state index in [1.807, 2.05) is 12.1 Å². The standard InChI is InChI=1S/C16H16N4O3/c1-3-23-16(22)9-8-10-14(20(2)13(9)17)18-11-6-4-5-7-12(11)19-15(10)21/h4-8H,3,17H2,1-2H3,(H,19,21). The zero-order chi connectivity index (χ0) is 16.6. The number of rotatable bonds is 2. The summed E-state index contributed by atoms with van der Waals surface area (Å²) in [6.45, 7) is 1.93. The molecule has 0 bridgehead atoms. The predicted octanol–water partition coefficient (Wildman–Crippen LogP) is 1.27. The van der Waals surface area contributed by atoms with Gasteiger partial charge in [-0.1, -0.05) is 12.1 Å². The van der Waals surface area contributed by atoms with Crippen molar-refractivity contribution in [3.63, 3.8) is 0 Å². The Morgan fingerprint density at radius 2 is 2.13 bits per heavy atom. The maximum atomic E-state index is 12.5. The third-order valence-corrected chi connectivity index (χ3v) is 3.60. The molecule has 2 aliphatic rings. The number of amidine groups is 1. The summed E-state index contributed by atoms with van der Waals surface area (Å²) in [6.07, 6.45) is 1.42. The van der Waals surface area contributed by atoms with Crippen molar-refractivity contribution in [2.45, 2.75) is 6.92 Å². The molecule has 3 rings (SSSR count). The lowest BCUT2D eigenvalue weighted by Crippen LogP contribution is -2.39. The number of fused-ring (bicyclic) bond motifs is 2. The largest absolute Gasteiger partial charge is 0.462 e. The first-order valence-electron chi connectivity index (χ1n) is 7.14. The number of ether oxygens (including phenoxy) is 1. The van der Waals surface area contributed by atoms with Crippen molar-refractivity contribution in [3.05, 3.63) is 47.3 Å². The van der Waals surface area contributed by atoms with Gasteiger partial charge in [0.25, 0.3) is 5.91 Å². The zero-order valence-electron chi connectivity index (χ0n) is 12.8. The number of likely N-dealkylation sites (N-methyl/N-ethyl adjacent to an activating group) is 1. The summed E-state index contributed by atoms with van der Waals surface area (Å²) >= 11 is 0. The van der Waals surface area contributed by atoms with Crippen LogP contribution in [0.2, 0.25) is 0 Å². The minimum absolute atomic E-state index is 0.143. The van der Waals surface area contributed by atoms with Crippen LogP contribution in [0.25, 0.3) is 0 Å². The van der Waals surface area contributed by atoms with Gasteiger partial charge >= 0.3 is 5.97 Å². The fraction of sp³-hybridized carbons (Fsp3) is 0.188. The minimum atomic E-state index is -0.571. The van der Waals surface area contributed by atoms with Gasteiger partial charge in [0.2, 0.25) is 0 Å². The fourth-order valence-electron chi connectivity index (χ4n) is 2.41. The van der Waals surface area contributed by atoms with E-state index in [0.717, 1.165) is 0 Å². The summed E-state index contributed by atoms with van der Waals surface area (Å²) in [4.78, 5) is 30.5. The van der Waals surface area contributed by atoms with Crippen LogP contribution in [0.15, 0.2) is 52.3 Å². The fourth-order valence-corrected chi connectivity index (χ4v) is 2.41. The highest BCUT2D eigenvalue weighted by Crippen LogP contribution is 2.31. The normalized spacial score (nSPS) is 16.6. The molecule has 2 aliphatic heterocycles. The van der Waals surface area contributed by atoms with Crippen LogP contribution in [0.3, 0.4) is 0 Å². The summed E-state index contributed by atoms with van der Waals surface area (Å²) in [5, 5.41) is 2.78. The summed E-state index contributed by atoms with van der Waals surface area (Å²) in [5.41, 5.74) is 7.66. The molecular weight excluding hydrogens is 296 g/mol. The number of nitrogens with two attached hydrogens (primary N) is 1. The molecule has 7 nitrogen and oxygen atoms in total. The van der Waals surface area contributed by atoms with Crippen molar-refractivity contribution >= 4 is 29.1 Å². The lowest BCUT2D eigenvalue weighted by atomic mass is 10.0. The van der Waals surface area contributed by atoms with Crippen LogP contribution in [0.4, 0.5) is 11.4 Å². The average Bonchev–Trinajstić information content (AvgIpc) is 2.67. The number of hydrogen-bond donors (Lipinski definition) is 2. The molecule has 1 amide bonds. The highest BCUT2D eigenvalue weighted by molar-refractivity contribution is 6.28. The Labute approximate surface area is 133 Å². The number of anilines is 1. The quantitative estimate of drug-likeness (QED) is 0.802. The van der Waals surface area contributed by atoms with Crippen LogP contribution in [0.1, 0.15) is 6.92 Å². The van der Waals surface area contributed by atoms with E-state index < -0.39 is 5.97 Å². The molecule has 0 radical (unpaired) electrons. The Balaban J connectivity index is 2.12. The molecule has 0 atom stereocenters. The molecule has 2 heterocycles. The number of esters is 1. The van der Waals surface area contributed by atoms with E-state index in [1.165, 1.54) is 11.0 Å². The second-order valence-electron chi connectivity index (χ2n) is 5.04. The first-order chi connectivity index (χ1) is 11.0. The molecule has 0 aromatic heterocycles. The van der Waals surface area contributed by atoms with E-state index >= 15 is 0 Å². The van der Waals surface area contributed by atoms with E-state index in [-0.39, 0.29) is 29.5 Å². The Morgan fingerprint density at radius 1 is 1.39 bits per heavy atom. The second-order valence-corrected chi connectivity index (χ2v) is 5.04. The third kappa shape index (κ3) is 2.46. The zero-order valence-corrected chi connectivity index (χ0v) is 12.8. The van der Waals surface area contributed by atoms with Gasteiger partial charge in [0.05, 0.1) is 23.6 Å². The molecule has 0 spiro atoms. The highest BCUT2D eigenvalue weighted by Gasteiger charge is 2.32. The number of aliphatic imine (C=N–C) groups is 1. The molecule has 3 N–H and O–H groups in total. The van der Waals surface area contributed by atoms with Gasteiger partial charge in [-0.15, -0.1) is 0 Å². The molecule has 0 unspecified atom stereocenters. The number of para-hydroxylation sites is 2. The van der Waals surface area contributed by atoms with Gasteiger partial charge in [-0.2, -0.15) is 0 Å². The number of amides is 1. The van der Waals surface area contributed by atoms with Crippen molar-refractivity contribution in [2.24, 2.45) is 10.7 Å². The first kappa shape index (κ1) is 14.8. The summed E-state index contributed by atoms with van der Waals surface area (Å²) in [5.74, 6) is -0.344. The lowest BCUT2D eigenvalue weighted by Gasteiger charge is -2.27. The van der Waals surface area contributed by atoms with Crippen LogP contribution in [-0.2, 0) is 14.3 Å². The molecule has 0 fully saturated rings. The SMILES string of the molecule is CCOC(=O)C1=C(N)N(C)C2=Nc3ccccc3NC(=O)C2=C1. The van der Waals surface area contributed by atoms with Crippen molar-refractivity contribution in [2.75, 3.05) is 19.0 Å². The van der Waals surface area contributed by atoms with E-state index in [1.54, 1.807) is 26.1 Å². The molecule has 0 saturated heterocycles. The van der Waals surface area contributed by atoms with Crippen LogP contribution in [0.5, 0.6) is 0 Å². The molecule has 0 saturated carbocycles. The molecule has 0 aliphatic carbocycles.